The van der Waals surface area contributed by atoms with E-state index in [1.54, 1.807) is 0 Å². The van der Waals surface area contributed by atoms with Crippen molar-refractivity contribution >= 4 is 5.78 Å². The van der Waals surface area contributed by atoms with E-state index in [0.717, 1.165) is 12.0 Å². The Hall–Kier alpha value is -0.630. The highest BCUT2D eigenvalue weighted by molar-refractivity contribution is 5.88. The topological polar surface area (TPSA) is 37.3 Å². The second-order valence-electron chi connectivity index (χ2n) is 3.86. The zero-order valence-corrected chi connectivity index (χ0v) is 6.63. The molecule has 0 radical (unpaired) electrons. The van der Waals surface area contributed by atoms with Crippen molar-refractivity contribution in [3.8, 4) is 0 Å². The molecule has 0 spiro atoms. The van der Waals surface area contributed by atoms with E-state index in [2.05, 4.69) is 6.92 Å². The molecule has 2 nitrogen and oxygen atoms in total. The third-order valence-corrected chi connectivity index (χ3v) is 3.00. The zero-order chi connectivity index (χ0) is 8.06. The molecule has 2 bridgehead atoms. The summed E-state index contributed by atoms with van der Waals surface area (Å²) in [5, 5.41) is 8.96. The summed E-state index contributed by atoms with van der Waals surface area (Å²) in [6, 6.07) is 0. The predicted octanol–water partition coefficient (Wildman–Crippen LogP) is 0.904. The van der Waals surface area contributed by atoms with Gasteiger partial charge in [-0.05, 0) is 17.4 Å². The van der Waals surface area contributed by atoms with Crippen LogP contribution in [0.4, 0.5) is 0 Å². The quantitative estimate of drug-likeness (QED) is 0.567. The molecule has 0 unspecified atom stereocenters. The van der Waals surface area contributed by atoms with Crippen LogP contribution in [-0.4, -0.2) is 17.5 Å². The Morgan fingerprint density at radius 2 is 2.55 bits per heavy atom. The molecule has 0 aliphatic heterocycles. The largest absolute Gasteiger partial charge is 0.392 e. The van der Waals surface area contributed by atoms with Crippen molar-refractivity contribution in [3.63, 3.8) is 0 Å². The Labute approximate surface area is 65.9 Å². The minimum atomic E-state index is 0.0104. The first-order chi connectivity index (χ1) is 5.15. The molecule has 0 amide bonds. The Balaban J connectivity index is 2.36. The van der Waals surface area contributed by atoms with E-state index in [1.807, 2.05) is 6.08 Å². The molecule has 0 aromatic carbocycles. The predicted molar refractivity (Wildman–Crippen MR) is 41.0 cm³/mol. The van der Waals surface area contributed by atoms with Gasteiger partial charge >= 0.3 is 0 Å². The van der Waals surface area contributed by atoms with Crippen molar-refractivity contribution < 1.29 is 9.90 Å². The van der Waals surface area contributed by atoms with Crippen molar-refractivity contribution in [1.82, 2.24) is 0 Å². The van der Waals surface area contributed by atoms with Gasteiger partial charge in [0.2, 0.25) is 0 Å². The van der Waals surface area contributed by atoms with Crippen LogP contribution in [0.3, 0.4) is 0 Å². The number of carbonyl (C=O) groups excluding carboxylic acids is 1. The highest BCUT2D eigenvalue weighted by atomic mass is 16.3. The minimum Gasteiger partial charge on any atom is -0.392 e. The van der Waals surface area contributed by atoms with Gasteiger partial charge in [0.05, 0.1) is 6.61 Å². The van der Waals surface area contributed by atoms with Crippen LogP contribution in [0.1, 0.15) is 19.8 Å². The molecule has 1 N–H and O–H groups in total. The number of hydrogen-bond donors (Lipinski definition) is 1. The molecule has 1 fully saturated rings. The first-order valence-electron chi connectivity index (χ1n) is 4.00. The van der Waals surface area contributed by atoms with Crippen LogP contribution in [0.5, 0.6) is 0 Å². The van der Waals surface area contributed by atoms with Crippen LogP contribution >= 0.6 is 0 Å². The Morgan fingerprint density at radius 1 is 1.82 bits per heavy atom. The second-order valence-corrected chi connectivity index (χ2v) is 3.86. The number of rotatable bonds is 1. The van der Waals surface area contributed by atoms with E-state index >= 15 is 0 Å². The fraction of sp³-hybridized carbons (Fsp3) is 0.667. The van der Waals surface area contributed by atoms with E-state index in [4.69, 9.17) is 5.11 Å². The number of Topliss-reactive ketones (excluding diaryl/α,β-unsaturated/α-hetero) is 1. The third-order valence-electron chi connectivity index (χ3n) is 3.00. The molecular formula is C9H12O2. The SMILES string of the molecule is C[C@]12CC(=O)[C@H](C=C1CO)C2. The molecule has 0 aromatic rings. The average molecular weight is 152 g/mol. The maximum Gasteiger partial charge on any atom is 0.140 e. The van der Waals surface area contributed by atoms with Gasteiger partial charge in [0.1, 0.15) is 5.78 Å². The highest BCUT2D eigenvalue weighted by Gasteiger charge is 2.47. The molecule has 2 aliphatic carbocycles. The molecular weight excluding hydrogens is 140 g/mol. The van der Waals surface area contributed by atoms with Crippen molar-refractivity contribution in [3.05, 3.63) is 11.6 Å². The third kappa shape index (κ3) is 0.791. The van der Waals surface area contributed by atoms with E-state index < -0.39 is 0 Å². The maximum absolute atomic E-state index is 11.2. The molecule has 2 atom stereocenters. The number of ketones is 1. The fourth-order valence-corrected chi connectivity index (χ4v) is 2.27. The van der Waals surface area contributed by atoms with Gasteiger partial charge in [-0.15, -0.1) is 0 Å². The van der Waals surface area contributed by atoms with Crippen molar-refractivity contribution in [2.45, 2.75) is 19.8 Å². The van der Waals surface area contributed by atoms with Gasteiger partial charge in [-0.2, -0.15) is 0 Å². The number of allylic oxidation sites excluding steroid dienone is 1. The number of fused-ring (bicyclic) bond motifs is 2. The van der Waals surface area contributed by atoms with E-state index in [0.29, 0.717) is 12.2 Å². The summed E-state index contributed by atoms with van der Waals surface area (Å²) in [5.41, 5.74) is 1.08. The van der Waals surface area contributed by atoms with Gasteiger partial charge in [-0.1, -0.05) is 13.0 Å². The van der Waals surface area contributed by atoms with E-state index in [9.17, 15) is 4.79 Å². The summed E-state index contributed by atoms with van der Waals surface area (Å²) < 4.78 is 0. The Bertz CT molecular complexity index is 242. The van der Waals surface area contributed by atoms with Gasteiger partial charge in [0.25, 0.3) is 0 Å². The smallest absolute Gasteiger partial charge is 0.140 e. The van der Waals surface area contributed by atoms with Gasteiger partial charge in [0.15, 0.2) is 0 Å². The molecule has 0 heterocycles. The summed E-state index contributed by atoms with van der Waals surface area (Å²) >= 11 is 0. The number of carbonyl (C=O) groups is 1. The molecule has 2 aliphatic rings. The first kappa shape index (κ1) is 7.04. The Kier molecular flexibility index (Phi) is 1.25. The van der Waals surface area contributed by atoms with Crippen molar-refractivity contribution in [2.24, 2.45) is 11.3 Å². The van der Waals surface area contributed by atoms with Gasteiger partial charge in [-0.25, -0.2) is 0 Å². The van der Waals surface area contributed by atoms with Gasteiger partial charge in [0, 0.05) is 12.3 Å². The normalized spacial score (nSPS) is 41.5. The van der Waals surface area contributed by atoms with Crippen LogP contribution in [0.15, 0.2) is 11.6 Å². The second kappa shape index (κ2) is 1.95. The monoisotopic (exact) mass is 152 g/mol. The van der Waals surface area contributed by atoms with Gasteiger partial charge in [-0.3, -0.25) is 4.79 Å². The molecule has 0 saturated heterocycles. The van der Waals surface area contributed by atoms with E-state index in [-0.39, 0.29) is 17.9 Å². The Morgan fingerprint density at radius 3 is 2.91 bits per heavy atom. The van der Waals surface area contributed by atoms with Crippen LogP contribution in [-0.2, 0) is 4.79 Å². The summed E-state index contributed by atoms with van der Waals surface area (Å²) in [5.74, 6) is 0.479. The van der Waals surface area contributed by atoms with Crippen LogP contribution in [0.25, 0.3) is 0 Å². The lowest BCUT2D eigenvalue weighted by Gasteiger charge is -2.22. The lowest BCUT2D eigenvalue weighted by Crippen LogP contribution is -2.18. The average Bonchev–Trinajstić information content (AvgIpc) is 2.38. The van der Waals surface area contributed by atoms with Crippen LogP contribution in [0.2, 0.25) is 0 Å². The molecule has 11 heavy (non-hydrogen) atoms. The number of aliphatic hydroxyl groups excluding tert-OH is 1. The highest BCUT2D eigenvalue weighted by Crippen LogP contribution is 2.51. The summed E-state index contributed by atoms with van der Waals surface area (Å²) in [7, 11) is 0. The van der Waals surface area contributed by atoms with Crippen molar-refractivity contribution in [1.29, 1.82) is 0 Å². The van der Waals surface area contributed by atoms with Crippen molar-refractivity contribution in [2.75, 3.05) is 6.61 Å². The molecule has 60 valence electrons. The maximum atomic E-state index is 11.2. The lowest BCUT2D eigenvalue weighted by atomic mass is 9.83. The van der Waals surface area contributed by atoms with Crippen LogP contribution in [0, 0.1) is 11.3 Å². The summed E-state index contributed by atoms with van der Waals surface area (Å²) in [6.45, 7) is 2.19. The minimum absolute atomic E-state index is 0.0104. The fourth-order valence-electron chi connectivity index (χ4n) is 2.27. The summed E-state index contributed by atoms with van der Waals surface area (Å²) in [6.07, 6.45) is 3.53. The summed E-state index contributed by atoms with van der Waals surface area (Å²) in [4.78, 5) is 11.2. The number of aliphatic hydroxyl groups is 1. The molecule has 2 heteroatoms. The molecule has 2 rings (SSSR count). The lowest BCUT2D eigenvalue weighted by molar-refractivity contribution is -0.120. The van der Waals surface area contributed by atoms with Crippen LogP contribution < -0.4 is 0 Å². The standard InChI is InChI=1S/C9H12O2/c1-9-3-6(8(11)4-9)2-7(9)5-10/h2,6,10H,3-5H2,1H3/t6-,9+/m1/s1. The zero-order valence-electron chi connectivity index (χ0n) is 6.63. The molecule has 1 saturated carbocycles. The first-order valence-corrected chi connectivity index (χ1v) is 4.00. The van der Waals surface area contributed by atoms with Gasteiger partial charge < -0.3 is 5.11 Å². The number of hydrogen-bond acceptors (Lipinski definition) is 2. The molecule has 0 aromatic heterocycles. The van der Waals surface area contributed by atoms with E-state index in [1.165, 1.54) is 0 Å².